The lowest BCUT2D eigenvalue weighted by molar-refractivity contribution is -0.138. The van der Waals surface area contributed by atoms with Crippen LogP contribution in [0, 0.1) is 0 Å². The van der Waals surface area contributed by atoms with Gasteiger partial charge in [-0.1, -0.05) is 22.6 Å². The molecule has 0 bridgehead atoms. The Kier molecular flexibility index (Phi) is 6.44. The third-order valence-corrected chi connectivity index (χ3v) is 3.13. The van der Waals surface area contributed by atoms with E-state index in [1.165, 1.54) is 22.6 Å². The van der Waals surface area contributed by atoms with E-state index in [9.17, 15) is 19.8 Å². The number of aliphatic hydroxyl groups excluding tert-OH is 4. The number of aliphatic hydroxyl groups is 4. The van der Waals surface area contributed by atoms with Crippen LogP contribution in [0.4, 0.5) is 0 Å². The van der Waals surface area contributed by atoms with Crippen LogP contribution < -0.4 is 0 Å². The Labute approximate surface area is 100 Å². The Bertz CT molecular complexity index is 243. The van der Waals surface area contributed by atoms with Gasteiger partial charge in [-0.2, -0.15) is 0 Å². The summed E-state index contributed by atoms with van der Waals surface area (Å²) in [4.78, 5) is 21.8. The molecule has 0 radical (unpaired) electrons. The Balaban J connectivity index is 4.50. The zero-order valence-electron chi connectivity index (χ0n) is 8.00. The fourth-order valence-electron chi connectivity index (χ4n) is 0.858. The lowest BCUT2D eigenvalue weighted by atomic mass is 10.0. The topological polar surface area (TPSA) is 115 Å². The molecule has 0 fully saturated rings. The second kappa shape index (κ2) is 6.48. The average Bonchev–Trinajstić information content (AvgIpc) is 2.23. The summed E-state index contributed by atoms with van der Waals surface area (Å²) in [5.74, 6) is -1.58. The molecule has 0 unspecified atom stereocenters. The van der Waals surface area contributed by atoms with Crippen molar-refractivity contribution in [1.29, 1.82) is 0 Å². The van der Waals surface area contributed by atoms with E-state index >= 15 is 0 Å². The SMILES string of the molecule is CC(=O)C(=O)[C@H](I)[C@@H](O)[C@H](O)[C@H](O)CO. The lowest BCUT2D eigenvalue weighted by Gasteiger charge is -2.24. The summed E-state index contributed by atoms with van der Waals surface area (Å²) in [5, 5.41) is 36.2. The van der Waals surface area contributed by atoms with Crippen molar-refractivity contribution < 1.29 is 30.0 Å². The van der Waals surface area contributed by atoms with Crippen molar-refractivity contribution in [2.75, 3.05) is 6.61 Å². The quantitative estimate of drug-likeness (QED) is 0.255. The summed E-state index contributed by atoms with van der Waals surface area (Å²) in [5.41, 5.74) is 0. The van der Waals surface area contributed by atoms with E-state index in [2.05, 4.69) is 0 Å². The van der Waals surface area contributed by atoms with Crippen LogP contribution >= 0.6 is 22.6 Å². The molecule has 0 saturated carbocycles. The van der Waals surface area contributed by atoms with Gasteiger partial charge in [0.1, 0.15) is 22.2 Å². The Hall–Kier alpha value is -0.0900. The van der Waals surface area contributed by atoms with Crippen LogP contribution in [0.25, 0.3) is 0 Å². The molecule has 0 aromatic carbocycles. The predicted octanol–water partition coefficient (Wildman–Crippen LogP) is -1.98. The van der Waals surface area contributed by atoms with Crippen molar-refractivity contribution in [2.24, 2.45) is 0 Å². The normalized spacial score (nSPS) is 19.1. The number of Topliss-reactive ketones (excluding diaryl/α,β-unsaturated/α-hetero) is 2. The maximum atomic E-state index is 11.1. The van der Waals surface area contributed by atoms with Crippen LogP contribution in [0.15, 0.2) is 0 Å². The molecule has 0 rings (SSSR count). The first-order valence-electron chi connectivity index (χ1n) is 4.16. The predicted molar refractivity (Wildman–Crippen MR) is 58.6 cm³/mol. The minimum atomic E-state index is -1.67. The molecule has 0 aromatic heterocycles. The van der Waals surface area contributed by atoms with Crippen molar-refractivity contribution in [3.8, 4) is 0 Å². The number of carbonyl (C=O) groups is 2. The minimum Gasteiger partial charge on any atom is -0.394 e. The van der Waals surface area contributed by atoms with E-state index in [1.807, 2.05) is 0 Å². The van der Waals surface area contributed by atoms with Gasteiger partial charge in [-0.25, -0.2) is 0 Å². The van der Waals surface area contributed by atoms with E-state index in [0.29, 0.717) is 0 Å². The fraction of sp³-hybridized carbons (Fsp3) is 0.750. The van der Waals surface area contributed by atoms with Gasteiger partial charge in [-0.3, -0.25) is 9.59 Å². The number of carbonyl (C=O) groups excluding carboxylic acids is 2. The molecule has 0 amide bonds. The number of hydrogen-bond donors (Lipinski definition) is 4. The van der Waals surface area contributed by atoms with Gasteiger partial charge in [0.25, 0.3) is 0 Å². The average molecular weight is 332 g/mol. The van der Waals surface area contributed by atoms with Crippen LogP contribution in [-0.2, 0) is 9.59 Å². The molecule has 0 aromatic rings. The molecule has 0 aliphatic rings. The number of ketones is 2. The second-order valence-corrected chi connectivity index (χ2v) is 4.40. The van der Waals surface area contributed by atoms with Gasteiger partial charge in [0.05, 0.1) is 6.61 Å². The van der Waals surface area contributed by atoms with Gasteiger partial charge in [0.15, 0.2) is 5.78 Å². The summed E-state index contributed by atoms with van der Waals surface area (Å²) >= 11 is 1.50. The highest BCUT2D eigenvalue weighted by Crippen LogP contribution is 2.14. The molecule has 0 heterocycles. The first kappa shape index (κ1) is 14.9. The zero-order valence-corrected chi connectivity index (χ0v) is 10.2. The van der Waals surface area contributed by atoms with E-state index in [0.717, 1.165) is 6.92 Å². The van der Waals surface area contributed by atoms with Crippen LogP contribution in [-0.4, -0.2) is 60.8 Å². The van der Waals surface area contributed by atoms with Crippen molar-refractivity contribution in [1.82, 2.24) is 0 Å². The minimum absolute atomic E-state index is 0.737. The summed E-state index contributed by atoms with van der Waals surface area (Å²) in [6, 6.07) is 0. The van der Waals surface area contributed by atoms with Gasteiger partial charge < -0.3 is 20.4 Å². The van der Waals surface area contributed by atoms with Gasteiger partial charge in [-0.15, -0.1) is 0 Å². The molecule has 0 aliphatic heterocycles. The maximum Gasteiger partial charge on any atom is 0.213 e. The van der Waals surface area contributed by atoms with Crippen LogP contribution in [0.1, 0.15) is 6.92 Å². The second-order valence-electron chi connectivity index (χ2n) is 3.05. The standard InChI is InChI=1S/C8H13IO6/c1-3(11)6(13)5(9)8(15)7(14)4(12)2-10/h4-5,7-8,10,12,14-15H,2H2,1H3/t4-,5+,7-,8-/m1/s1. The summed E-state index contributed by atoms with van der Waals surface area (Å²) < 4.78 is -1.14. The first-order valence-corrected chi connectivity index (χ1v) is 5.41. The highest BCUT2D eigenvalue weighted by Gasteiger charge is 2.34. The Morgan fingerprint density at radius 3 is 2.00 bits per heavy atom. The number of hydrogen-bond acceptors (Lipinski definition) is 6. The van der Waals surface area contributed by atoms with Gasteiger partial charge in [0, 0.05) is 6.92 Å². The highest BCUT2D eigenvalue weighted by atomic mass is 127. The molecule has 0 spiro atoms. The van der Waals surface area contributed by atoms with Crippen LogP contribution in [0.2, 0.25) is 0 Å². The highest BCUT2D eigenvalue weighted by molar-refractivity contribution is 14.1. The van der Waals surface area contributed by atoms with Gasteiger partial charge >= 0.3 is 0 Å². The third kappa shape index (κ3) is 4.11. The molecule has 4 N–H and O–H groups in total. The Morgan fingerprint density at radius 1 is 1.20 bits per heavy atom. The van der Waals surface area contributed by atoms with Crippen molar-refractivity contribution in [3.05, 3.63) is 0 Å². The molecule has 0 saturated heterocycles. The van der Waals surface area contributed by atoms with Crippen molar-refractivity contribution >= 4 is 34.2 Å². The van der Waals surface area contributed by atoms with E-state index in [-0.39, 0.29) is 0 Å². The van der Waals surface area contributed by atoms with Crippen LogP contribution in [0.3, 0.4) is 0 Å². The van der Waals surface area contributed by atoms with Gasteiger partial charge in [0.2, 0.25) is 5.78 Å². The molecule has 7 heteroatoms. The van der Waals surface area contributed by atoms with Crippen molar-refractivity contribution in [3.63, 3.8) is 0 Å². The molecule has 88 valence electrons. The molecular formula is C8H13IO6. The lowest BCUT2D eigenvalue weighted by Crippen LogP contribution is -2.47. The maximum absolute atomic E-state index is 11.1. The summed E-state index contributed by atoms with van der Waals surface area (Å²) in [6.07, 6.45) is -4.80. The zero-order chi connectivity index (χ0) is 12.2. The fourth-order valence-corrected chi connectivity index (χ4v) is 1.72. The molecule has 4 atom stereocenters. The number of halogens is 1. The summed E-state index contributed by atoms with van der Waals surface area (Å²) in [7, 11) is 0. The molecule has 15 heavy (non-hydrogen) atoms. The molecule has 6 nitrogen and oxygen atoms in total. The molecular weight excluding hydrogens is 319 g/mol. The largest absolute Gasteiger partial charge is 0.394 e. The first-order chi connectivity index (χ1) is 6.82. The number of rotatable bonds is 6. The van der Waals surface area contributed by atoms with E-state index in [4.69, 9.17) is 10.2 Å². The van der Waals surface area contributed by atoms with Crippen LogP contribution in [0.5, 0.6) is 0 Å². The summed E-state index contributed by atoms with van der Waals surface area (Å²) in [6.45, 7) is 0.311. The van der Waals surface area contributed by atoms with E-state index < -0.39 is 40.4 Å². The Morgan fingerprint density at radius 2 is 1.67 bits per heavy atom. The third-order valence-electron chi connectivity index (χ3n) is 1.83. The smallest absolute Gasteiger partial charge is 0.213 e. The monoisotopic (exact) mass is 332 g/mol. The molecule has 0 aliphatic carbocycles. The van der Waals surface area contributed by atoms with E-state index in [1.54, 1.807) is 0 Å². The number of alkyl halides is 1. The van der Waals surface area contributed by atoms with Crippen molar-refractivity contribution in [2.45, 2.75) is 29.2 Å². The van der Waals surface area contributed by atoms with Gasteiger partial charge in [-0.05, 0) is 0 Å².